The summed E-state index contributed by atoms with van der Waals surface area (Å²) < 4.78 is 51.0. The standard InChI is InChI=1S/C5H5.3C3H8N.F3Ge.Zr/c1-2-4-5-3-1;3*1-3-4-2;1-4(2)3;/h1-3H,4H2;3*3H2,1-2H3;;/q;3*-1;;+3. The first-order valence-corrected chi connectivity index (χ1v) is 22.2. The Labute approximate surface area is 136 Å². The van der Waals surface area contributed by atoms with E-state index in [9.17, 15) is 0 Å². The molecule has 0 aromatic heterocycles. The summed E-state index contributed by atoms with van der Waals surface area (Å²) in [5, 5.41) is 0. The molecule has 1 rings (SSSR count). The topological polar surface area (TPSA) is 9.72 Å². The summed E-state index contributed by atoms with van der Waals surface area (Å²) in [5.41, 5.74) is 0. The number of allylic oxidation sites excluding steroid dienone is 4. The van der Waals surface area contributed by atoms with E-state index in [-0.39, 0.29) is 0 Å². The zero-order chi connectivity index (χ0) is 17.2. The van der Waals surface area contributed by atoms with Crippen LogP contribution in [0.4, 0.5) is 10.5 Å². The molecule has 129 valence electrons. The van der Waals surface area contributed by atoms with Crippen molar-refractivity contribution in [1.29, 1.82) is 0 Å². The number of hydrogen-bond acceptors (Lipinski definition) is 3. The van der Waals surface area contributed by atoms with Crippen LogP contribution in [-0.2, 0) is 17.1 Å². The van der Waals surface area contributed by atoms with Crippen molar-refractivity contribution in [2.75, 3.05) is 40.8 Å². The Hall–Kier alpha value is 0.576. The Kier molecular flexibility index (Phi) is 6.76. The number of hydrogen-bond donors (Lipinski definition) is 0. The van der Waals surface area contributed by atoms with E-state index in [4.69, 9.17) is 0 Å². The van der Waals surface area contributed by atoms with Crippen molar-refractivity contribution in [3.05, 3.63) is 21.5 Å². The zero-order valence-electron chi connectivity index (χ0n) is 14.5. The first kappa shape index (κ1) is 20.6. The maximum absolute atomic E-state index is 15.1. The summed E-state index contributed by atoms with van der Waals surface area (Å²) in [4.78, 5) is 0. The Morgan fingerprint density at radius 3 is 1.59 bits per heavy atom. The molecule has 1 aliphatic rings. The molecule has 0 saturated heterocycles. The fourth-order valence-electron chi connectivity index (χ4n) is 4.13. The molecule has 0 spiro atoms. The molecule has 0 unspecified atom stereocenters. The van der Waals surface area contributed by atoms with Crippen LogP contribution in [0.3, 0.4) is 0 Å². The molecule has 0 amide bonds. The van der Waals surface area contributed by atoms with Crippen LogP contribution in [0.25, 0.3) is 0 Å². The fourth-order valence-corrected chi connectivity index (χ4v) is 51.6. The number of rotatable bonds is 8. The summed E-state index contributed by atoms with van der Waals surface area (Å²) >= 11 is -5.65. The molecule has 8 heteroatoms. The van der Waals surface area contributed by atoms with Gasteiger partial charge in [0.25, 0.3) is 0 Å². The van der Waals surface area contributed by atoms with Gasteiger partial charge in [-0.15, -0.1) is 0 Å². The second kappa shape index (κ2) is 7.22. The minimum absolute atomic E-state index is 0.419. The second-order valence-electron chi connectivity index (χ2n) is 5.96. The molecule has 0 aliphatic heterocycles. The van der Waals surface area contributed by atoms with Crippen LogP contribution in [0.1, 0.15) is 27.2 Å². The third-order valence-corrected chi connectivity index (χ3v) is 56.0. The molecule has 0 N–H and O–H groups in total. The van der Waals surface area contributed by atoms with Crippen LogP contribution >= 0.6 is 0 Å². The monoisotopic (exact) mass is 460 g/mol. The number of nitrogens with zero attached hydrogens (tertiary/aromatic N) is 3. The molecule has 0 bridgehead atoms. The SMILES string of the molecule is CC[N](C)[Zr]([C]1=CC=CC1)([N](C)CC)([N](C)CC)[Ge]([F])([F])[F]. The summed E-state index contributed by atoms with van der Waals surface area (Å²) in [6, 6.07) is 0. The number of halogens is 3. The Morgan fingerprint density at radius 2 is 1.36 bits per heavy atom. The molecule has 0 heterocycles. The Bertz CT molecular complexity index is 435. The van der Waals surface area contributed by atoms with E-state index >= 15 is 10.5 Å². The van der Waals surface area contributed by atoms with Gasteiger partial charge < -0.3 is 0 Å². The summed E-state index contributed by atoms with van der Waals surface area (Å²) in [6.45, 7) is 6.79. The molecule has 0 atom stereocenters. The summed E-state index contributed by atoms with van der Waals surface area (Å²) in [6.07, 6.45) is 5.86. The van der Waals surface area contributed by atoms with Gasteiger partial charge in [-0.1, -0.05) is 0 Å². The van der Waals surface area contributed by atoms with Crippen molar-refractivity contribution in [3.8, 4) is 0 Å². The molecule has 0 saturated carbocycles. The van der Waals surface area contributed by atoms with E-state index in [1.165, 1.54) is 0 Å². The maximum atomic E-state index is 15.1. The van der Waals surface area contributed by atoms with Gasteiger partial charge in [-0.3, -0.25) is 0 Å². The van der Waals surface area contributed by atoms with Gasteiger partial charge in [-0.2, -0.15) is 0 Å². The predicted molar refractivity (Wildman–Crippen MR) is 85.8 cm³/mol. The molecule has 0 fully saturated rings. The van der Waals surface area contributed by atoms with Crippen LogP contribution in [0.15, 0.2) is 21.5 Å². The van der Waals surface area contributed by atoms with Crippen LogP contribution < -0.4 is 0 Å². The average Bonchev–Trinajstić information content (AvgIpc) is 3.00. The zero-order valence-corrected chi connectivity index (χ0v) is 19.1. The van der Waals surface area contributed by atoms with Crippen molar-refractivity contribution >= 4 is 10.9 Å². The van der Waals surface area contributed by atoms with Crippen molar-refractivity contribution in [3.63, 3.8) is 0 Å². The molecule has 0 radical (unpaired) electrons. The molecule has 1 aliphatic carbocycles. The normalized spacial score (nSPS) is 18.2. The van der Waals surface area contributed by atoms with Gasteiger partial charge in [0, 0.05) is 0 Å². The van der Waals surface area contributed by atoms with E-state index in [0.29, 0.717) is 29.3 Å². The van der Waals surface area contributed by atoms with E-state index < -0.39 is 28.0 Å². The average molecular weight is 460 g/mol. The molecule has 22 heavy (non-hydrogen) atoms. The van der Waals surface area contributed by atoms with Gasteiger partial charge >= 0.3 is 137 Å². The Morgan fingerprint density at radius 1 is 0.955 bits per heavy atom. The van der Waals surface area contributed by atoms with Gasteiger partial charge in [0.1, 0.15) is 0 Å². The predicted octanol–water partition coefficient (Wildman–Crippen LogP) is 3.46. The van der Waals surface area contributed by atoms with E-state index in [2.05, 4.69) is 0 Å². The van der Waals surface area contributed by atoms with Crippen molar-refractivity contribution < 1.29 is 27.6 Å². The van der Waals surface area contributed by atoms with Gasteiger partial charge in [0.2, 0.25) is 0 Å². The molecular weight excluding hydrogens is 431 g/mol. The summed E-state index contributed by atoms with van der Waals surface area (Å²) in [7, 11) is -1.55. The van der Waals surface area contributed by atoms with Gasteiger partial charge in [0.05, 0.1) is 0 Å². The fraction of sp³-hybridized carbons (Fsp3) is 0.714. The van der Waals surface area contributed by atoms with E-state index in [0.717, 1.165) is 0 Å². The Balaban J connectivity index is 3.92. The molecule has 0 aromatic carbocycles. The van der Waals surface area contributed by atoms with E-state index in [1.54, 1.807) is 41.8 Å². The van der Waals surface area contributed by atoms with Gasteiger partial charge in [-0.25, -0.2) is 0 Å². The first-order chi connectivity index (χ1) is 10.2. The molecule has 3 nitrogen and oxygen atoms in total. The quantitative estimate of drug-likeness (QED) is 0.514. The van der Waals surface area contributed by atoms with Gasteiger partial charge in [0.15, 0.2) is 0 Å². The third-order valence-electron chi connectivity index (χ3n) is 5.48. The van der Waals surface area contributed by atoms with Crippen molar-refractivity contribution in [1.82, 2.24) is 8.53 Å². The van der Waals surface area contributed by atoms with E-state index in [1.807, 2.05) is 26.8 Å². The minimum atomic E-state index is -6.64. The van der Waals surface area contributed by atoms with Crippen molar-refractivity contribution in [2.24, 2.45) is 0 Å². The van der Waals surface area contributed by atoms with Crippen LogP contribution in [0.5, 0.6) is 0 Å². The van der Waals surface area contributed by atoms with Crippen LogP contribution in [-0.4, -0.2) is 60.2 Å². The second-order valence-corrected chi connectivity index (χ2v) is 39.3. The third kappa shape index (κ3) is 2.38. The molecule has 0 aromatic rings. The van der Waals surface area contributed by atoms with Crippen LogP contribution in [0, 0.1) is 0 Å². The molecular formula is C14H29F3GeN3Zr. The van der Waals surface area contributed by atoms with Crippen LogP contribution in [0.2, 0.25) is 0 Å². The summed E-state index contributed by atoms with van der Waals surface area (Å²) in [5.74, 6) is 0. The van der Waals surface area contributed by atoms with Gasteiger partial charge in [-0.05, 0) is 0 Å². The van der Waals surface area contributed by atoms with Crippen molar-refractivity contribution in [2.45, 2.75) is 27.2 Å². The first-order valence-electron chi connectivity index (χ1n) is 7.87.